The first-order chi connectivity index (χ1) is 7.66. The maximum atomic E-state index is 11.5. The summed E-state index contributed by atoms with van der Waals surface area (Å²) in [7, 11) is 0. The van der Waals surface area contributed by atoms with Crippen LogP contribution in [0.5, 0.6) is 0 Å². The molecule has 1 aliphatic rings. The number of hydrogen-bond donors (Lipinski definition) is 2. The number of hydrogen-bond acceptors (Lipinski definition) is 4. The Hall–Kier alpha value is -1.36. The van der Waals surface area contributed by atoms with Gasteiger partial charge in [-0.05, 0) is 5.92 Å². The smallest absolute Gasteiger partial charge is 0.252 e. The molecule has 0 amide bonds. The molecule has 88 valence electrons. The molecule has 0 saturated carbocycles. The molecule has 0 atom stereocenters. The Labute approximate surface area is 94.9 Å². The van der Waals surface area contributed by atoms with Crippen molar-refractivity contribution < 1.29 is 0 Å². The first kappa shape index (κ1) is 11.1. The lowest BCUT2D eigenvalue weighted by Gasteiger charge is -2.28. The lowest BCUT2D eigenvalue weighted by atomic mass is 10.1. The average Bonchev–Trinajstić information content (AvgIpc) is 2.29. The predicted octanol–water partition coefficient (Wildman–Crippen LogP) is 0.303. The van der Waals surface area contributed by atoms with Crippen LogP contribution in [0.1, 0.15) is 25.5 Å². The van der Waals surface area contributed by atoms with Gasteiger partial charge in [-0.2, -0.15) is 0 Å². The third-order valence-corrected chi connectivity index (χ3v) is 2.76. The molecule has 5 heteroatoms. The Morgan fingerprint density at radius 2 is 2.06 bits per heavy atom. The second kappa shape index (κ2) is 4.65. The van der Waals surface area contributed by atoms with Crippen LogP contribution in [0.3, 0.4) is 0 Å². The first-order valence-electron chi connectivity index (χ1n) is 5.74. The van der Waals surface area contributed by atoms with Gasteiger partial charge in [0.1, 0.15) is 0 Å². The minimum absolute atomic E-state index is 0.0627. The Morgan fingerprint density at radius 3 is 2.69 bits per heavy atom. The van der Waals surface area contributed by atoms with E-state index in [-0.39, 0.29) is 11.5 Å². The monoisotopic (exact) mass is 222 g/mol. The van der Waals surface area contributed by atoms with Gasteiger partial charge in [0, 0.05) is 32.2 Å². The fourth-order valence-electron chi connectivity index (χ4n) is 1.79. The predicted molar refractivity (Wildman–Crippen MR) is 64.0 cm³/mol. The summed E-state index contributed by atoms with van der Waals surface area (Å²) in [5.41, 5.74) is 0.796. The van der Waals surface area contributed by atoms with E-state index >= 15 is 0 Å². The Kier molecular flexibility index (Phi) is 3.24. The summed E-state index contributed by atoms with van der Waals surface area (Å²) >= 11 is 0. The van der Waals surface area contributed by atoms with E-state index < -0.39 is 0 Å². The van der Waals surface area contributed by atoms with Gasteiger partial charge in [-0.1, -0.05) is 13.8 Å². The molecule has 0 aliphatic carbocycles. The highest BCUT2D eigenvalue weighted by atomic mass is 16.1. The molecule has 0 aromatic carbocycles. The number of nitrogens with zero attached hydrogens (tertiary/aromatic N) is 2. The fraction of sp³-hybridized carbons (Fsp3) is 0.636. The minimum atomic E-state index is -0.0627. The van der Waals surface area contributed by atoms with Crippen molar-refractivity contribution in [3.63, 3.8) is 0 Å². The van der Waals surface area contributed by atoms with Crippen molar-refractivity contribution in [3.8, 4) is 0 Å². The zero-order chi connectivity index (χ0) is 11.5. The average molecular weight is 222 g/mol. The van der Waals surface area contributed by atoms with E-state index in [1.807, 2.05) is 13.8 Å². The van der Waals surface area contributed by atoms with Crippen molar-refractivity contribution in [1.29, 1.82) is 0 Å². The normalized spacial score (nSPS) is 16.8. The van der Waals surface area contributed by atoms with Gasteiger partial charge in [0.15, 0.2) is 0 Å². The van der Waals surface area contributed by atoms with Gasteiger partial charge in [-0.15, -0.1) is 0 Å². The maximum absolute atomic E-state index is 11.5. The summed E-state index contributed by atoms with van der Waals surface area (Å²) in [6.45, 7) is 7.76. The van der Waals surface area contributed by atoms with Crippen LogP contribution in [0.2, 0.25) is 0 Å². The van der Waals surface area contributed by atoms with Crippen molar-refractivity contribution in [2.24, 2.45) is 0 Å². The molecule has 1 aromatic rings. The third kappa shape index (κ3) is 2.41. The molecule has 0 unspecified atom stereocenters. The van der Waals surface area contributed by atoms with Crippen molar-refractivity contribution >= 4 is 5.95 Å². The highest BCUT2D eigenvalue weighted by molar-refractivity contribution is 5.31. The SMILES string of the molecule is CC(C)c1cc(=O)[nH]c(N2CCNCC2)n1. The number of H-pyrrole nitrogens is 1. The summed E-state index contributed by atoms with van der Waals surface area (Å²) < 4.78 is 0. The van der Waals surface area contributed by atoms with E-state index in [1.54, 1.807) is 6.07 Å². The molecule has 1 aromatic heterocycles. The van der Waals surface area contributed by atoms with E-state index in [2.05, 4.69) is 20.2 Å². The summed E-state index contributed by atoms with van der Waals surface area (Å²) in [4.78, 5) is 20.9. The molecule has 0 bridgehead atoms. The van der Waals surface area contributed by atoms with Gasteiger partial charge in [-0.3, -0.25) is 9.78 Å². The van der Waals surface area contributed by atoms with E-state index in [1.165, 1.54) is 0 Å². The van der Waals surface area contributed by atoms with E-state index in [4.69, 9.17) is 0 Å². The van der Waals surface area contributed by atoms with Crippen LogP contribution < -0.4 is 15.8 Å². The van der Waals surface area contributed by atoms with Crippen LogP contribution in [0.4, 0.5) is 5.95 Å². The number of nitrogens with one attached hydrogen (secondary N) is 2. The largest absolute Gasteiger partial charge is 0.340 e. The lowest BCUT2D eigenvalue weighted by molar-refractivity contribution is 0.577. The van der Waals surface area contributed by atoms with E-state index in [9.17, 15) is 4.79 Å². The molecule has 0 spiro atoms. The molecule has 2 rings (SSSR count). The van der Waals surface area contributed by atoms with Crippen LogP contribution in [0.15, 0.2) is 10.9 Å². The van der Waals surface area contributed by atoms with Crippen LogP contribution in [-0.2, 0) is 0 Å². The van der Waals surface area contributed by atoms with Crippen LogP contribution in [0.25, 0.3) is 0 Å². The Morgan fingerprint density at radius 1 is 1.38 bits per heavy atom. The van der Waals surface area contributed by atoms with Gasteiger partial charge in [-0.25, -0.2) is 4.98 Å². The van der Waals surface area contributed by atoms with Crippen LogP contribution in [-0.4, -0.2) is 36.1 Å². The van der Waals surface area contributed by atoms with Gasteiger partial charge < -0.3 is 10.2 Å². The lowest BCUT2D eigenvalue weighted by Crippen LogP contribution is -2.44. The Bertz CT molecular complexity index is 407. The van der Waals surface area contributed by atoms with Crippen molar-refractivity contribution in [1.82, 2.24) is 15.3 Å². The summed E-state index contributed by atoms with van der Waals surface area (Å²) in [5, 5.41) is 3.28. The first-order valence-corrected chi connectivity index (χ1v) is 5.74. The van der Waals surface area contributed by atoms with Gasteiger partial charge >= 0.3 is 0 Å². The number of aromatic nitrogens is 2. The number of piperazine rings is 1. The Balaban J connectivity index is 2.29. The second-order valence-corrected chi connectivity index (χ2v) is 4.39. The summed E-state index contributed by atoms with van der Waals surface area (Å²) in [5.74, 6) is 0.988. The van der Waals surface area contributed by atoms with Crippen LogP contribution in [0, 0.1) is 0 Å². The molecule has 1 fully saturated rings. The topological polar surface area (TPSA) is 61.0 Å². The number of rotatable bonds is 2. The van der Waals surface area contributed by atoms with Crippen LogP contribution >= 0.6 is 0 Å². The van der Waals surface area contributed by atoms with Gasteiger partial charge in [0.25, 0.3) is 5.56 Å². The quantitative estimate of drug-likeness (QED) is 0.755. The molecule has 0 radical (unpaired) electrons. The van der Waals surface area contributed by atoms with E-state index in [0.29, 0.717) is 5.95 Å². The van der Waals surface area contributed by atoms with Crippen molar-refractivity contribution in [3.05, 3.63) is 22.1 Å². The number of aromatic amines is 1. The highest BCUT2D eigenvalue weighted by Crippen LogP contribution is 2.12. The molecule has 2 N–H and O–H groups in total. The van der Waals surface area contributed by atoms with Gasteiger partial charge in [0.05, 0.1) is 5.69 Å². The van der Waals surface area contributed by atoms with Crippen molar-refractivity contribution in [2.45, 2.75) is 19.8 Å². The summed E-state index contributed by atoms with van der Waals surface area (Å²) in [6.07, 6.45) is 0. The molecule has 16 heavy (non-hydrogen) atoms. The zero-order valence-electron chi connectivity index (χ0n) is 9.79. The second-order valence-electron chi connectivity index (χ2n) is 4.39. The maximum Gasteiger partial charge on any atom is 0.252 e. The van der Waals surface area contributed by atoms with Crippen molar-refractivity contribution in [2.75, 3.05) is 31.1 Å². The minimum Gasteiger partial charge on any atom is -0.340 e. The third-order valence-electron chi connectivity index (χ3n) is 2.76. The fourth-order valence-corrected chi connectivity index (χ4v) is 1.79. The molecule has 2 heterocycles. The molecule has 1 aliphatic heterocycles. The molecular formula is C11H18N4O. The highest BCUT2D eigenvalue weighted by Gasteiger charge is 2.14. The summed E-state index contributed by atoms with van der Waals surface area (Å²) in [6, 6.07) is 1.58. The van der Waals surface area contributed by atoms with E-state index in [0.717, 1.165) is 31.9 Å². The standard InChI is InChI=1S/C11H18N4O/c1-8(2)9-7-10(16)14-11(13-9)15-5-3-12-4-6-15/h7-8,12H,3-6H2,1-2H3,(H,13,14,16). The zero-order valence-corrected chi connectivity index (χ0v) is 9.79. The molecule has 1 saturated heterocycles. The number of anilines is 1. The molecule has 5 nitrogen and oxygen atoms in total. The molecular weight excluding hydrogens is 204 g/mol. The van der Waals surface area contributed by atoms with Gasteiger partial charge in [0.2, 0.25) is 5.95 Å².